The third kappa shape index (κ3) is 7.43. The second-order valence-electron chi connectivity index (χ2n) is 9.00. The third-order valence-electron chi connectivity index (χ3n) is 5.78. The molecule has 0 saturated carbocycles. The standard InChI is InChI=1S/C25H30ClI2N3O4/c1-16(11-26)14-35-23-9-6-18(10-21(23)27)25(2,3)17-4-7-20(8-5-17)34-15-19(33)12-31-22(13-32)24(28)29-30-31/h4-10,16,19,32-33H,11-15H2,1-3H3/t16-,19-/m1/s1/i27-4. The van der Waals surface area contributed by atoms with Crippen molar-refractivity contribution in [1.82, 2.24) is 15.0 Å². The maximum Gasteiger partial charge on any atom is 0.149 e. The van der Waals surface area contributed by atoms with Gasteiger partial charge in [-0.15, -0.1) is 16.7 Å². The van der Waals surface area contributed by atoms with E-state index < -0.39 is 6.10 Å². The summed E-state index contributed by atoms with van der Waals surface area (Å²) < 4.78 is 14.9. The van der Waals surface area contributed by atoms with Gasteiger partial charge in [-0.2, -0.15) is 0 Å². The minimum Gasteiger partial charge on any atom is -0.492 e. The molecule has 1 heterocycles. The van der Waals surface area contributed by atoms with Crippen LogP contribution in [0.2, 0.25) is 0 Å². The Morgan fingerprint density at radius 1 is 1.11 bits per heavy atom. The van der Waals surface area contributed by atoms with Crippen LogP contribution in [0.4, 0.5) is 0 Å². The molecule has 3 aromatic rings. The van der Waals surface area contributed by atoms with Crippen molar-refractivity contribution in [3.63, 3.8) is 0 Å². The lowest BCUT2D eigenvalue weighted by Gasteiger charge is -2.27. The highest BCUT2D eigenvalue weighted by Crippen LogP contribution is 2.35. The quantitative estimate of drug-likeness (QED) is 0.202. The molecule has 0 amide bonds. The van der Waals surface area contributed by atoms with Crippen LogP contribution in [0.25, 0.3) is 0 Å². The second-order valence-corrected chi connectivity index (χ2v) is 11.5. The van der Waals surface area contributed by atoms with E-state index in [0.29, 0.717) is 33.5 Å². The average Bonchev–Trinajstić information content (AvgIpc) is 3.20. The van der Waals surface area contributed by atoms with E-state index in [1.807, 2.05) is 52.9 Å². The molecule has 190 valence electrons. The lowest BCUT2D eigenvalue weighted by atomic mass is 9.78. The Labute approximate surface area is 238 Å². The molecular weight excluding hydrogens is 692 g/mol. The van der Waals surface area contributed by atoms with Crippen LogP contribution in [0.3, 0.4) is 0 Å². The van der Waals surface area contributed by atoms with Gasteiger partial charge in [0.15, 0.2) is 0 Å². The Bertz CT molecular complexity index is 1110. The van der Waals surface area contributed by atoms with E-state index in [1.165, 1.54) is 10.2 Å². The Morgan fingerprint density at radius 2 is 1.80 bits per heavy atom. The molecule has 0 fully saturated rings. The predicted octanol–water partition coefficient (Wildman–Crippen LogP) is 5.00. The van der Waals surface area contributed by atoms with Crippen molar-refractivity contribution in [1.29, 1.82) is 0 Å². The van der Waals surface area contributed by atoms with Gasteiger partial charge in [-0.25, -0.2) is 4.68 Å². The fourth-order valence-corrected chi connectivity index (χ4v) is 4.77. The molecule has 0 aliphatic heterocycles. The van der Waals surface area contributed by atoms with Gasteiger partial charge in [0.25, 0.3) is 0 Å². The van der Waals surface area contributed by atoms with E-state index in [2.05, 4.69) is 65.8 Å². The van der Waals surface area contributed by atoms with Crippen LogP contribution in [-0.2, 0) is 18.6 Å². The van der Waals surface area contributed by atoms with Crippen LogP contribution in [-0.4, -0.2) is 50.4 Å². The molecule has 3 rings (SSSR count). The number of ether oxygens (including phenoxy) is 2. The fourth-order valence-electron chi connectivity index (χ4n) is 3.47. The first-order chi connectivity index (χ1) is 16.6. The van der Waals surface area contributed by atoms with Crippen LogP contribution < -0.4 is 9.47 Å². The first-order valence-corrected chi connectivity index (χ1v) is 13.9. The third-order valence-corrected chi connectivity index (χ3v) is 7.99. The smallest absolute Gasteiger partial charge is 0.149 e. The van der Waals surface area contributed by atoms with Crippen molar-refractivity contribution in [2.45, 2.75) is 45.4 Å². The lowest BCUT2D eigenvalue weighted by molar-refractivity contribution is 0.0866. The number of halogens is 3. The van der Waals surface area contributed by atoms with E-state index in [1.54, 1.807) is 0 Å². The number of aliphatic hydroxyl groups excluding tert-OH is 2. The van der Waals surface area contributed by atoms with E-state index in [4.69, 9.17) is 21.1 Å². The molecule has 0 aliphatic rings. The number of aromatic nitrogens is 3. The summed E-state index contributed by atoms with van der Waals surface area (Å²) in [5, 5.41) is 27.7. The number of rotatable bonds is 12. The van der Waals surface area contributed by atoms with Crippen molar-refractivity contribution in [3.8, 4) is 11.5 Å². The summed E-state index contributed by atoms with van der Waals surface area (Å²) in [6, 6.07) is 14.2. The Hall–Kier alpha value is -1.15. The summed E-state index contributed by atoms with van der Waals surface area (Å²) in [5.74, 6) is 2.42. The Kier molecular flexibility index (Phi) is 10.5. The molecule has 10 heteroatoms. The average molecular weight is 722 g/mol. The van der Waals surface area contributed by atoms with Crippen LogP contribution in [0.5, 0.6) is 11.5 Å². The molecule has 0 unspecified atom stereocenters. The molecule has 0 aliphatic carbocycles. The zero-order chi connectivity index (χ0) is 25.6. The molecule has 0 spiro atoms. The maximum absolute atomic E-state index is 10.3. The molecule has 0 radical (unpaired) electrons. The summed E-state index contributed by atoms with van der Waals surface area (Å²) in [5.41, 5.74) is 2.70. The Morgan fingerprint density at radius 3 is 2.43 bits per heavy atom. The molecular formula is C25H30ClI2N3O4. The maximum atomic E-state index is 10.3. The van der Waals surface area contributed by atoms with E-state index in [-0.39, 0.29) is 25.2 Å². The number of hydrogen-bond donors (Lipinski definition) is 2. The van der Waals surface area contributed by atoms with Gasteiger partial charge < -0.3 is 19.7 Å². The molecule has 0 saturated heterocycles. The number of alkyl halides is 1. The van der Waals surface area contributed by atoms with Crippen molar-refractivity contribution in [3.05, 3.63) is 66.6 Å². The van der Waals surface area contributed by atoms with Gasteiger partial charge in [-0.1, -0.05) is 44.2 Å². The fraction of sp³-hybridized carbons (Fsp3) is 0.440. The van der Waals surface area contributed by atoms with Crippen molar-refractivity contribution in [2.24, 2.45) is 5.92 Å². The summed E-state index contributed by atoms with van der Waals surface area (Å²) in [4.78, 5) is 0. The van der Waals surface area contributed by atoms with Gasteiger partial charge in [0.2, 0.25) is 0 Å². The molecule has 2 atom stereocenters. The SMILES string of the molecule is C[C@H](CCl)COc1ccc(C(C)(C)c2ccc(OC[C@H](O)Cn3nnc(I)c3CO)cc2)cc1[123I]. The summed E-state index contributed by atoms with van der Waals surface area (Å²) >= 11 is 10.2. The number of benzene rings is 2. The zero-order valence-corrected chi connectivity index (χ0v) is 25.0. The van der Waals surface area contributed by atoms with Gasteiger partial charge in [0.1, 0.15) is 27.9 Å². The summed E-state index contributed by atoms with van der Waals surface area (Å²) in [7, 11) is 0. The Balaban J connectivity index is 1.61. The highest BCUT2D eigenvalue weighted by atomic mass is 127. The zero-order valence-electron chi connectivity index (χ0n) is 19.9. The summed E-state index contributed by atoms with van der Waals surface area (Å²) in [6.07, 6.45) is -0.788. The van der Waals surface area contributed by atoms with Gasteiger partial charge in [-0.05, 0) is 80.6 Å². The molecule has 7 nitrogen and oxygen atoms in total. The molecule has 2 aromatic carbocycles. The van der Waals surface area contributed by atoms with Crippen molar-refractivity contribution >= 4 is 56.8 Å². The van der Waals surface area contributed by atoms with E-state index in [9.17, 15) is 10.2 Å². The van der Waals surface area contributed by atoms with E-state index in [0.717, 1.165) is 14.9 Å². The van der Waals surface area contributed by atoms with Gasteiger partial charge in [0.05, 0.1) is 29.0 Å². The van der Waals surface area contributed by atoms with Crippen LogP contribution >= 0.6 is 56.8 Å². The largest absolute Gasteiger partial charge is 0.492 e. The van der Waals surface area contributed by atoms with Gasteiger partial charge in [0, 0.05) is 17.2 Å². The highest BCUT2D eigenvalue weighted by Gasteiger charge is 2.24. The normalized spacial score (nSPS) is 13.5. The van der Waals surface area contributed by atoms with Crippen LogP contribution in [0, 0.1) is 13.2 Å². The van der Waals surface area contributed by atoms with Crippen LogP contribution in [0.15, 0.2) is 42.5 Å². The van der Waals surface area contributed by atoms with E-state index >= 15 is 0 Å². The number of nitrogens with zero attached hydrogens (tertiary/aromatic N) is 3. The first-order valence-electron chi connectivity index (χ1n) is 11.2. The minimum absolute atomic E-state index is 0.103. The first kappa shape index (κ1) is 28.4. The second kappa shape index (κ2) is 12.9. The topological polar surface area (TPSA) is 89.6 Å². The number of aliphatic hydroxyl groups is 2. The summed E-state index contributed by atoms with van der Waals surface area (Å²) in [6.45, 7) is 7.15. The van der Waals surface area contributed by atoms with Crippen molar-refractivity contribution < 1.29 is 19.7 Å². The van der Waals surface area contributed by atoms with Gasteiger partial charge in [-0.3, -0.25) is 0 Å². The predicted molar refractivity (Wildman–Crippen MR) is 153 cm³/mol. The molecule has 0 bridgehead atoms. The minimum atomic E-state index is -0.788. The highest BCUT2D eigenvalue weighted by molar-refractivity contribution is 14.1. The molecule has 1 aromatic heterocycles. The number of hydrogen-bond acceptors (Lipinski definition) is 6. The lowest BCUT2D eigenvalue weighted by Crippen LogP contribution is -2.25. The molecule has 35 heavy (non-hydrogen) atoms. The van der Waals surface area contributed by atoms with Crippen molar-refractivity contribution in [2.75, 3.05) is 19.1 Å². The van der Waals surface area contributed by atoms with Gasteiger partial charge >= 0.3 is 0 Å². The molecule has 2 N–H and O–H groups in total. The van der Waals surface area contributed by atoms with Crippen LogP contribution in [0.1, 0.15) is 37.6 Å². The monoisotopic (exact) mass is 721 g/mol.